The Labute approximate surface area is 74.2 Å². The van der Waals surface area contributed by atoms with Crippen molar-refractivity contribution >= 4 is 0 Å². The van der Waals surface area contributed by atoms with Gasteiger partial charge in [0.25, 0.3) is 0 Å². The maximum Gasteiger partial charge on any atom is 0.0869 e. The summed E-state index contributed by atoms with van der Waals surface area (Å²) in [5.41, 5.74) is -0.967. The van der Waals surface area contributed by atoms with E-state index in [1.54, 1.807) is 13.8 Å². The first-order valence-corrected chi connectivity index (χ1v) is 4.41. The van der Waals surface area contributed by atoms with E-state index in [9.17, 15) is 5.11 Å². The van der Waals surface area contributed by atoms with Crippen LogP contribution < -0.4 is 0 Å². The summed E-state index contributed by atoms with van der Waals surface area (Å²) in [6, 6.07) is 0. The van der Waals surface area contributed by atoms with Crippen molar-refractivity contribution in [1.29, 1.82) is 0 Å². The Morgan fingerprint density at radius 2 is 2.25 bits per heavy atom. The predicted molar refractivity (Wildman–Crippen MR) is 49.0 cm³/mol. The van der Waals surface area contributed by atoms with Crippen LogP contribution in [0.25, 0.3) is 0 Å². The third-order valence-electron chi connectivity index (χ3n) is 2.53. The van der Waals surface area contributed by atoms with Gasteiger partial charge in [-0.15, -0.1) is 6.58 Å². The van der Waals surface area contributed by atoms with Gasteiger partial charge in [0.1, 0.15) is 0 Å². The van der Waals surface area contributed by atoms with Crippen LogP contribution in [0.4, 0.5) is 0 Å². The highest BCUT2D eigenvalue weighted by Gasteiger charge is 2.40. The van der Waals surface area contributed by atoms with Crippen molar-refractivity contribution in [1.82, 2.24) is 0 Å². The lowest BCUT2D eigenvalue weighted by Crippen LogP contribution is -2.37. The second-order valence-electron chi connectivity index (χ2n) is 4.32. The van der Waals surface area contributed by atoms with Crippen molar-refractivity contribution in [3.8, 4) is 0 Å². The standard InChI is InChI=1S/C10H18O2/c1-5-10(4)7-6-8(12-10)9(2,3)11/h5,8,11H,1,6-7H2,2-4H3/t8-,10+/m1/s1. The normalized spacial score (nSPS) is 36.8. The SMILES string of the molecule is C=C[C@@]1(C)CC[C@H](C(C)(C)O)O1. The molecule has 0 saturated carbocycles. The first-order chi connectivity index (χ1) is 5.37. The Hall–Kier alpha value is -0.340. The zero-order chi connectivity index (χ0) is 9.41. The van der Waals surface area contributed by atoms with Crippen molar-refractivity contribution in [2.24, 2.45) is 0 Å². The molecule has 0 amide bonds. The zero-order valence-corrected chi connectivity index (χ0v) is 8.13. The monoisotopic (exact) mass is 170 g/mol. The highest BCUT2D eigenvalue weighted by molar-refractivity contribution is 5.01. The van der Waals surface area contributed by atoms with E-state index in [2.05, 4.69) is 6.58 Å². The van der Waals surface area contributed by atoms with E-state index in [-0.39, 0.29) is 11.7 Å². The molecule has 1 aliphatic rings. The van der Waals surface area contributed by atoms with Crippen LogP contribution in [0.1, 0.15) is 33.6 Å². The highest BCUT2D eigenvalue weighted by atomic mass is 16.5. The van der Waals surface area contributed by atoms with E-state index in [4.69, 9.17) is 4.74 Å². The molecule has 1 heterocycles. The molecule has 0 unspecified atom stereocenters. The maximum absolute atomic E-state index is 9.69. The highest BCUT2D eigenvalue weighted by Crippen LogP contribution is 2.35. The van der Waals surface area contributed by atoms with Gasteiger partial charge in [0.2, 0.25) is 0 Å². The Morgan fingerprint density at radius 3 is 2.50 bits per heavy atom. The second kappa shape index (κ2) is 2.86. The first kappa shape index (κ1) is 9.75. The van der Waals surface area contributed by atoms with Crippen LogP contribution in [0.15, 0.2) is 12.7 Å². The molecule has 0 aromatic rings. The van der Waals surface area contributed by atoms with E-state index in [1.807, 2.05) is 13.0 Å². The predicted octanol–water partition coefficient (Wildman–Crippen LogP) is 1.88. The van der Waals surface area contributed by atoms with Crippen molar-refractivity contribution in [3.05, 3.63) is 12.7 Å². The largest absolute Gasteiger partial charge is 0.388 e. The lowest BCUT2D eigenvalue weighted by atomic mass is 9.97. The quantitative estimate of drug-likeness (QED) is 0.641. The van der Waals surface area contributed by atoms with Gasteiger partial charge in [-0.05, 0) is 33.6 Å². The van der Waals surface area contributed by atoms with Crippen LogP contribution in [0, 0.1) is 0 Å². The molecule has 2 atom stereocenters. The summed E-state index contributed by atoms with van der Waals surface area (Å²) in [4.78, 5) is 0. The molecular formula is C10H18O2. The van der Waals surface area contributed by atoms with Gasteiger partial charge < -0.3 is 9.84 Å². The minimum Gasteiger partial charge on any atom is -0.388 e. The minimum absolute atomic E-state index is 0.0551. The summed E-state index contributed by atoms with van der Waals surface area (Å²) in [7, 11) is 0. The van der Waals surface area contributed by atoms with E-state index < -0.39 is 5.60 Å². The Bertz CT molecular complexity index is 181. The molecule has 0 bridgehead atoms. The molecule has 1 N–H and O–H groups in total. The fourth-order valence-corrected chi connectivity index (χ4v) is 1.51. The molecule has 0 aromatic heterocycles. The van der Waals surface area contributed by atoms with Crippen LogP contribution in [-0.4, -0.2) is 22.4 Å². The van der Waals surface area contributed by atoms with Gasteiger partial charge in [-0.3, -0.25) is 0 Å². The van der Waals surface area contributed by atoms with Crippen molar-refractivity contribution < 1.29 is 9.84 Å². The third-order valence-corrected chi connectivity index (χ3v) is 2.53. The maximum atomic E-state index is 9.69. The van der Waals surface area contributed by atoms with Crippen molar-refractivity contribution in [2.75, 3.05) is 0 Å². The van der Waals surface area contributed by atoms with E-state index in [0.29, 0.717) is 0 Å². The summed E-state index contributed by atoms with van der Waals surface area (Å²) < 4.78 is 5.69. The van der Waals surface area contributed by atoms with Crippen LogP contribution in [0.2, 0.25) is 0 Å². The molecule has 0 aromatic carbocycles. The fraction of sp³-hybridized carbons (Fsp3) is 0.800. The zero-order valence-electron chi connectivity index (χ0n) is 8.13. The van der Waals surface area contributed by atoms with Crippen LogP contribution in [-0.2, 0) is 4.74 Å². The van der Waals surface area contributed by atoms with Gasteiger partial charge >= 0.3 is 0 Å². The fourth-order valence-electron chi connectivity index (χ4n) is 1.51. The van der Waals surface area contributed by atoms with E-state index in [0.717, 1.165) is 12.8 Å². The summed E-state index contributed by atoms with van der Waals surface area (Å²) in [6.45, 7) is 9.30. The molecule has 2 heteroatoms. The van der Waals surface area contributed by atoms with Gasteiger partial charge in [0.05, 0.1) is 17.3 Å². The molecule has 2 nitrogen and oxygen atoms in total. The van der Waals surface area contributed by atoms with Crippen molar-refractivity contribution in [3.63, 3.8) is 0 Å². The lowest BCUT2D eigenvalue weighted by Gasteiger charge is -2.28. The summed E-state index contributed by atoms with van der Waals surface area (Å²) in [5, 5.41) is 9.69. The number of hydrogen-bond donors (Lipinski definition) is 1. The topological polar surface area (TPSA) is 29.5 Å². The molecule has 1 rings (SSSR count). The third kappa shape index (κ3) is 1.87. The number of hydrogen-bond acceptors (Lipinski definition) is 2. The smallest absolute Gasteiger partial charge is 0.0869 e. The summed E-state index contributed by atoms with van der Waals surface area (Å²) in [5.74, 6) is 0. The van der Waals surface area contributed by atoms with Crippen LogP contribution in [0.3, 0.4) is 0 Å². The van der Waals surface area contributed by atoms with Gasteiger partial charge in [-0.2, -0.15) is 0 Å². The molecule has 1 aliphatic heterocycles. The minimum atomic E-state index is -0.735. The molecule has 1 fully saturated rings. The van der Waals surface area contributed by atoms with E-state index >= 15 is 0 Å². The average molecular weight is 170 g/mol. The lowest BCUT2D eigenvalue weighted by molar-refractivity contribution is -0.0997. The molecule has 70 valence electrons. The average Bonchev–Trinajstić information content (AvgIpc) is 2.32. The van der Waals surface area contributed by atoms with Gasteiger partial charge in [0, 0.05) is 0 Å². The molecule has 0 aliphatic carbocycles. The number of ether oxygens (including phenoxy) is 1. The second-order valence-corrected chi connectivity index (χ2v) is 4.32. The Morgan fingerprint density at radius 1 is 1.67 bits per heavy atom. The molecule has 1 saturated heterocycles. The Kier molecular flexibility index (Phi) is 2.32. The van der Waals surface area contributed by atoms with Crippen LogP contribution >= 0.6 is 0 Å². The summed E-state index contributed by atoms with van der Waals surface area (Å²) >= 11 is 0. The molecule has 12 heavy (non-hydrogen) atoms. The summed E-state index contributed by atoms with van der Waals surface area (Å²) in [6.07, 6.45) is 3.62. The molecule has 0 radical (unpaired) electrons. The molecular weight excluding hydrogens is 152 g/mol. The first-order valence-electron chi connectivity index (χ1n) is 4.41. The van der Waals surface area contributed by atoms with Crippen LogP contribution in [0.5, 0.6) is 0 Å². The molecule has 0 spiro atoms. The number of rotatable bonds is 2. The van der Waals surface area contributed by atoms with Gasteiger partial charge in [0.15, 0.2) is 0 Å². The Balaban J connectivity index is 2.63. The number of aliphatic hydroxyl groups is 1. The van der Waals surface area contributed by atoms with E-state index in [1.165, 1.54) is 0 Å². The van der Waals surface area contributed by atoms with Crippen molar-refractivity contribution in [2.45, 2.75) is 50.9 Å². The van der Waals surface area contributed by atoms with Gasteiger partial charge in [-0.1, -0.05) is 6.08 Å². The van der Waals surface area contributed by atoms with Gasteiger partial charge in [-0.25, -0.2) is 0 Å².